The second kappa shape index (κ2) is 9.17. The molecule has 21 heavy (non-hydrogen) atoms. The van der Waals surface area contributed by atoms with Gasteiger partial charge in [0.2, 0.25) is 5.91 Å². The topological polar surface area (TPSA) is 119 Å². The summed E-state index contributed by atoms with van der Waals surface area (Å²) in [5, 5.41) is 22.2. The number of carboxylic acid groups (broad SMARTS) is 1. The van der Waals surface area contributed by atoms with E-state index in [-0.39, 0.29) is 31.9 Å². The number of nitrogens with one attached hydrogen (secondary N) is 2. The van der Waals surface area contributed by atoms with Crippen molar-refractivity contribution in [1.82, 2.24) is 15.5 Å². The molecule has 1 aliphatic heterocycles. The molecule has 3 amide bonds. The van der Waals surface area contributed by atoms with Gasteiger partial charge in [0.1, 0.15) is 6.04 Å². The minimum atomic E-state index is -1.21. The molecule has 1 unspecified atom stereocenters. The maximum absolute atomic E-state index is 11.8. The number of hydrogen-bond acceptors (Lipinski definition) is 4. The van der Waals surface area contributed by atoms with Crippen molar-refractivity contribution in [3.05, 3.63) is 0 Å². The Morgan fingerprint density at radius 2 is 1.81 bits per heavy atom. The molecule has 0 aromatic carbocycles. The predicted molar refractivity (Wildman–Crippen MR) is 74.7 cm³/mol. The van der Waals surface area contributed by atoms with Crippen molar-refractivity contribution in [1.29, 1.82) is 0 Å². The van der Waals surface area contributed by atoms with Gasteiger partial charge in [-0.2, -0.15) is 0 Å². The van der Waals surface area contributed by atoms with Gasteiger partial charge in [0.15, 0.2) is 0 Å². The molecule has 1 fully saturated rings. The average Bonchev–Trinajstić information content (AvgIpc) is 2.47. The normalized spacial score (nSPS) is 16.1. The van der Waals surface area contributed by atoms with Crippen LogP contribution in [0.3, 0.4) is 0 Å². The van der Waals surface area contributed by atoms with Crippen molar-refractivity contribution in [3.63, 3.8) is 0 Å². The second-order valence-corrected chi connectivity index (χ2v) is 4.99. The van der Waals surface area contributed by atoms with Gasteiger partial charge in [0.05, 0.1) is 0 Å². The fourth-order valence-corrected chi connectivity index (χ4v) is 2.18. The van der Waals surface area contributed by atoms with Crippen LogP contribution < -0.4 is 10.6 Å². The van der Waals surface area contributed by atoms with Gasteiger partial charge in [-0.15, -0.1) is 0 Å². The van der Waals surface area contributed by atoms with Gasteiger partial charge in [-0.3, -0.25) is 4.79 Å². The number of rotatable bonds is 7. The molecular weight excluding hydrogens is 278 g/mol. The lowest BCUT2D eigenvalue weighted by molar-refractivity contribution is -0.139. The van der Waals surface area contributed by atoms with E-state index < -0.39 is 18.0 Å². The standard InChI is InChI=1S/C13H23N3O5/c17-9-5-10(12(19)20)15-13(21)14-6-4-11(18)16-7-2-1-3-8-16/h10,17H,1-9H2,(H,19,20)(H2,14,15,21). The van der Waals surface area contributed by atoms with Gasteiger partial charge in [0, 0.05) is 39.1 Å². The van der Waals surface area contributed by atoms with E-state index in [2.05, 4.69) is 10.6 Å². The number of aliphatic hydroxyl groups is 1. The highest BCUT2D eigenvalue weighted by atomic mass is 16.4. The van der Waals surface area contributed by atoms with Crippen LogP contribution in [0.2, 0.25) is 0 Å². The highest BCUT2D eigenvalue weighted by Gasteiger charge is 2.20. The van der Waals surface area contributed by atoms with Crippen molar-refractivity contribution < 1.29 is 24.6 Å². The molecule has 0 radical (unpaired) electrons. The van der Waals surface area contributed by atoms with Gasteiger partial charge >= 0.3 is 12.0 Å². The molecule has 4 N–H and O–H groups in total. The minimum absolute atomic E-state index is 0.000132. The Morgan fingerprint density at radius 1 is 1.14 bits per heavy atom. The number of hydrogen-bond donors (Lipinski definition) is 4. The van der Waals surface area contributed by atoms with Crippen molar-refractivity contribution in [2.45, 2.75) is 38.1 Å². The first-order chi connectivity index (χ1) is 10.0. The fraction of sp³-hybridized carbons (Fsp3) is 0.769. The number of aliphatic hydroxyl groups excluding tert-OH is 1. The third kappa shape index (κ3) is 6.44. The van der Waals surface area contributed by atoms with Crippen molar-refractivity contribution >= 4 is 17.9 Å². The zero-order valence-corrected chi connectivity index (χ0v) is 12.0. The third-order valence-electron chi connectivity index (χ3n) is 3.35. The highest BCUT2D eigenvalue weighted by molar-refractivity contribution is 5.83. The molecule has 1 rings (SSSR count). The van der Waals surface area contributed by atoms with Gasteiger partial charge in [0.25, 0.3) is 0 Å². The third-order valence-corrected chi connectivity index (χ3v) is 3.35. The number of amides is 3. The molecule has 0 saturated carbocycles. The van der Waals surface area contributed by atoms with E-state index >= 15 is 0 Å². The van der Waals surface area contributed by atoms with Crippen molar-refractivity contribution in [2.75, 3.05) is 26.2 Å². The number of nitrogens with zero attached hydrogens (tertiary/aromatic N) is 1. The van der Waals surface area contributed by atoms with Gasteiger partial charge in [-0.25, -0.2) is 9.59 Å². The summed E-state index contributed by atoms with van der Waals surface area (Å²) in [6, 6.07) is -1.78. The zero-order chi connectivity index (χ0) is 15.7. The number of urea groups is 1. The molecule has 1 saturated heterocycles. The summed E-state index contributed by atoms with van der Waals surface area (Å²) in [6.45, 7) is 1.36. The Labute approximate surface area is 123 Å². The molecule has 1 aliphatic rings. The number of carbonyl (C=O) groups is 3. The molecule has 0 aliphatic carbocycles. The summed E-state index contributed by atoms with van der Waals surface area (Å²) in [7, 11) is 0. The molecular formula is C13H23N3O5. The number of carboxylic acids is 1. The van der Waals surface area contributed by atoms with Crippen LogP contribution in [0, 0.1) is 0 Å². The summed E-state index contributed by atoms with van der Waals surface area (Å²) < 4.78 is 0. The molecule has 8 heteroatoms. The molecule has 8 nitrogen and oxygen atoms in total. The molecule has 0 bridgehead atoms. The molecule has 0 aromatic heterocycles. The van der Waals surface area contributed by atoms with Crippen LogP contribution in [0.25, 0.3) is 0 Å². The maximum atomic E-state index is 11.8. The summed E-state index contributed by atoms with van der Waals surface area (Å²) in [6.07, 6.45) is 3.31. The number of aliphatic carboxylic acids is 1. The molecule has 0 aromatic rings. The van der Waals surface area contributed by atoms with Gasteiger partial charge < -0.3 is 25.7 Å². The maximum Gasteiger partial charge on any atom is 0.326 e. The first-order valence-electron chi connectivity index (χ1n) is 7.20. The quantitative estimate of drug-likeness (QED) is 0.506. The van der Waals surface area contributed by atoms with Crippen molar-refractivity contribution in [3.8, 4) is 0 Å². The SMILES string of the molecule is O=C(NCCC(=O)N1CCCCC1)NC(CCO)C(=O)O. The average molecular weight is 301 g/mol. The lowest BCUT2D eigenvalue weighted by Gasteiger charge is -2.26. The van der Waals surface area contributed by atoms with Crippen LogP contribution in [0.5, 0.6) is 0 Å². The monoisotopic (exact) mass is 301 g/mol. The van der Waals surface area contributed by atoms with Gasteiger partial charge in [-0.05, 0) is 19.3 Å². The van der Waals surface area contributed by atoms with E-state index in [0.29, 0.717) is 0 Å². The van der Waals surface area contributed by atoms with Crippen LogP contribution in [0.4, 0.5) is 4.79 Å². The first kappa shape index (κ1) is 17.2. The number of carbonyl (C=O) groups excluding carboxylic acids is 2. The van der Waals surface area contributed by atoms with Crippen molar-refractivity contribution in [2.24, 2.45) is 0 Å². The molecule has 1 atom stereocenters. The number of piperidine rings is 1. The van der Waals surface area contributed by atoms with E-state index in [1.165, 1.54) is 0 Å². The Bertz CT molecular complexity index is 369. The van der Waals surface area contributed by atoms with E-state index in [0.717, 1.165) is 32.4 Å². The Morgan fingerprint density at radius 3 is 2.38 bits per heavy atom. The lowest BCUT2D eigenvalue weighted by atomic mass is 10.1. The molecule has 120 valence electrons. The van der Waals surface area contributed by atoms with Crippen LogP contribution in [-0.4, -0.2) is 65.3 Å². The van der Waals surface area contributed by atoms with E-state index in [9.17, 15) is 14.4 Å². The van der Waals surface area contributed by atoms with Crippen LogP contribution >= 0.6 is 0 Å². The number of likely N-dealkylation sites (tertiary alicyclic amines) is 1. The summed E-state index contributed by atoms with van der Waals surface area (Å²) in [5.74, 6) is -1.20. The minimum Gasteiger partial charge on any atom is -0.480 e. The summed E-state index contributed by atoms with van der Waals surface area (Å²) in [5.41, 5.74) is 0. The summed E-state index contributed by atoms with van der Waals surface area (Å²) >= 11 is 0. The van der Waals surface area contributed by atoms with Crippen LogP contribution in [-0.2, 0) is 9.59 Å². The highest BCUT2D eigenvalue weighted by Crippen LogP contribution is 2.09. The van der Waals surface area contributed by atoms with E-state index in [1.54, 1.807) is 4.90 Å². The van der Waals surface area contributed by atoms with E-state index in [1.807, 2.05) is 0 Å². The molecule has 0 spiro atoms. The van der Waals surface area contributed by atoms with E-state index in [4.69, 9.17) is 10.2 Å². The smallest absolute Gasteiger partial charge is 0.326 e. The Hall–Kier alpha value is -1.83. The second-order valence-electron chi connectivity index (χ2n) is 4.99. The molecule has 1 heterocycles. The predicted octanol–water partition coefficient (Wildman–Crippen LogP) is -0.476. The first-order valence-corrected chi connectivity index (χ1v) is 7.20. The van der Waals surface area contributed by atoms with Gasteiger partial charge in [-0.1, -0.05) is 0 Å². The fourth-order valence-electron chi connectivity index (χ4n) is 2.18. The summed E-state index contributed by atoms with van der Waals surface area (Å²) in [4.78, 5) is 35.9. The van der Waals surface area contributed by atoms with Crippen LogP contribution in [0.1, 0.15) is 32.1 Å². The lowest BCUT2D eigenvalue weighted by Crippen LogP contribution is -2.47. The Kier molecular flexibility index (Phi) is 7.52. The Balaban J connectivity index is 2.22. The van der Waals surface area contributed by atoms with Crippen LogP contribution in [0.15, 0.2) is 0 Å². The largest absolute Gasteiger partial charge is 0.480 e. The zero-order valence-electron chi connectivity index (χ0n) is 12.0.